The summed E-state index contributed by atoms with van der Waals surface area (Å²) in [5.41, 5.74) is 4.95. The molecule has 1 unspecified atom stereocenters. The van der Waals surface area contributed by atoms with Crippen molar-refractivity contribution in [3.8, 4) is 0 Å². The fraction of sp³-hybridized carbons (Fsp3) is 0.500. The molecule has 0 spiro atoms. The summed E-state index contributed by atoms with van der Waals surface area (Å²) < 4.78 is 0. The summed E-state index contributed by atoms with van der Waals surface area (Å²) in [5, 5.41) is 11.0. The van der Waals surface area contributed by atoms with E-state index in [2.05, 4.69) is 0 Å². The highest BCUT2D eigenvalue weighted by Crippen LogP contribution is 2.41. The Labute approximate surface area is 105 Å². The van der Waals surface area contributed by atoms with Gasteiger partial charge in [0.1, 0.15) is 0 Å². The molecule has 16 heavy (non-hydrogen) atoms. The minimum atomic E-state index is -0.701. The summed E-state index contributed by atoms with van der Waals surface area (Å²) in [6.07, 6.45) is 2.20. The van der Waals surface area contributed by atoms with Crippen molar-refractivity contribution < 1.29 is 5.11 Å². The van der Waals surface area contributed by atoms with Gasteiger partial charge in [0.2, 0.25) is 0 Å². The molecule has 1 saturated carbocycles. The van der Waals surface area contributed by atoms with E-state index in [4.69, 9.17) is 17.3 Å². The molecule has 3 N–H and O–H groups in total. The smallest absolute Gasteiger partial charge is 0.0890 e. The van der Waals surface area contributed by atoms with E-state index in [1.54, 1.807) is 11.8 Å². The zero-order valence-corrected chi connectivity index (χ0v) is 10.6. The fourth-order valence-corrected chi connectivity index (χ4v) is 3.14. The number of hydrogen-bond donors (Lipinski definition) is 2. The Kier molecular flexibility index (Phi) is 3.80. The average Bonchev–Trinajstić information content (AvgIpc) is 3.10. The van der Waals surface area contributed by atoms with Gasteiger partial charge in [-0.3, -0.25) is 0 Å². The van der Waals surface area contributed by atoms with Crippen LogP contribution in [-0.2, 0) is 0 Å². The molecule has 0 heterocycles. The number of nitrogens with two attached hydrogens (primary N) is 1. The molecular weight excluding hydrogens is 242 g/mol. The van der Waals surface area contributed by atoms with Crippen LogP contribution >= 0.6 is 23.4 Å². The maximum atomic E-state index is 10.3. The molecule has 1 atom stereocenters. The third-order valence-electron chi connectivity index (χ3n) is 2.98. The van der Waals surface area contributed by atoms with Gasteiger partial charge in [-0.25, -0.2) is 0 Å². The van der Waals surface area contributed by atoms with Crippen LogP contribution in [-0.4, -0.2) is 23.0 Å². The average molecular weight is 258 g/mol. The van der Waals surface area contributed by atoms with Gasteiger partial charge in [0.05, 0.1) is 5.60 Å². The van der Waals surface area contributed by atoms with Crippen LogP contribution in [0.1, 0.15) is 12.8 Å². The molecule has 2 nitrogen and oxygen atoms in total. The first-order chi connectivity index (χ1) is 7.64. The standard InChI is InChI=1S/C12H16ClNOS/c13-10-2-1-3-11(6-10)16-8-12(15,7-14)9-4-5-9/h1-3,6,9,15H,4-5,7-8,14H2. The van der Waals surface area contributed by atoms with Crippen LogP contribution in [0.5, 0.6) is 0 Å². The third kappa shape index (κ3) is 2.92. The van der Waals surface area contributed by atoms with Crippen molar-refractivity contribution in [3.05, 3.63) is 29.3 Å². The first-order valence-electron chi connectivity index (χ1n) is 5.45. The predicted octanol–water partition coefficient (Wildman–Crippen LogP) is 2.53. The highest BCUT2D eigenvalue weighted by atomic mass is 35.5. The second kappa shape index (κ2) is 4.96. The maximum Gasteiger partial charge on any atom is 0.0890 e. The Bertz CT molecular complexity index is 370. The molecular formula is C12H16ClNOS. The Hall–Kier alpha value is -0.220. The van der Waals surface area contributed by atoms with Gasteiger partial charge in [-0.1, -0.05) is 17.7 Å². The van der Waals surface area contributed by atoms with E-state index in [0.717, 1.165) is 22.8 Å². The van der Waals surface area contributed by atoms with Crippen molar-refractivity contribution in [2.75, 3.05) is 12.3 Å². The fourth-order valence-electron chi connectivity index (χ4n) is 1.73. The molecule has 1 aliphatic rings. The van der Waals surface area contributed by atoms with Crippen molar-refractivity contribution in [2.45, 2.75) is 23.3 Å². The number of hydrogen-bond acceptors (Lipinski definition) is 3. The number of thioether (sulfide) groups is 1. The van der Waals surface area contributed by atoms with Crippen molar-refractivity contribution >= 4 is 23.4 Å². The van der Waals surface area contributed by atoms with Crippen molar-refractivity contribution in [1.82, 2.24) is 0 Å². The van der Waals surface area contributed by atoms with E-state index in [0.29, 0.717) is 18.2 Å². The van der Waals surface area contributed by atoms with Gasteiger partial charge >= 0.3 is 0 Å². The number of halogens is 1. The Morgan fingerprint density at radius 3 is 2.81 bits per heavy atom. The van der Waals surface area contributed by atoms with Gasteiger partial charge in [0.25, 0.3) is 0 Å². The topological polar surface area (TPSA) is 46.2 Å². The lowest BCUT2D eigenvalue weighted by atomic mass is 10.0. The first-order valence-corrected chi connectivity index (χ1v) is 6.81. The molecule has 1 aliphatic carbocycles. The van der Waals surface area contributed by atoms with Gasteiger partial charge in [-0.2, -0.15) is 0 Å². The summed E-state index contributed by atoms with van der Waals surface area (Å²) in [6, 6.07) is 7.68. The Morgan fingerprint density at radius 2 is 2.25 bits per heavy atom. The van der Waals surface area contributed by atoms with Gasteiger partial charge < -0.3 is 10.8 Å². The molecule has 88 valence electrons. The van der Waals surface area contributed by atoms with E-state index < -0.39 is 5.60 Å². The zero-order chi connectivity index (χ0) is 11.6. The lowest BCUT2D eigenvalue weighted by Crippen LogP contribution is -2.42. The van der Waals surface area contributed by atoms with Crippen molar-refractivity contribution in [1.29, 1.82) is 0 Å². The van der Waals surface area contributed by atoms with Crippen LogP contribution in [0.2, 0.25) is 5.02 Å². The highest BCUT2D eigenvalue weighted by Gasteiger charge is 2.42. The van der Waals surface area contributed by atoms with Crippen LogP contribution in [0.25, 0.3) is 0 Å². The molecule has 0 aliphatic heterocycles. The zero-order valence-electron chi connectivity index (χ0n) is 9.03. The lowest BCUT2D eigenvalue weighted by molar-refractivity contribution is 0.0510. The van der Waals surface area contributed by atoms with Crippen LogP contribution in [0, 0.1) is 5.92 Å². The Morgan fingerprint density at radius 1 is 1.50 bits per heavy atom. The molecule has 4 heteroatoms. The van der Waals surface area contributed by atoms with Gasteiger partial charge in [-0.05, 0) is 37.0 Å². The van der Waals surface area contributed by atoms with Gasteiger partial charge in [-0.15, -0.1) is 11.8 Å². The second-order valence-electron chi connectivity index (χ2n) is 4.33. The van der Waals surface area contributed by atoms with Crippen LogP contribution in [0.15, 0.2) is 29.2 Å². The number of rotatable bonds is 5. The predicted molar refractivity (Wildman–Crippen MR) is 68.9 cm³/mol. The normalized spacial score (nSPS) is 19.4. The summed E-state index contributed by atoms with van der Waals surface area (Å²) in [7, 11) is 0. The van der Waals surface area contributed by atoms with E-state index >= 15 is 0 Å². The SMILES string of the molecule is NCC(O)(CSc1cccc(Cl)c1)C1CC1. The van der Waals surface area contributed by atoms with Crippen molar-refractivity contribution in [2.24, 2.45) is 11.7 Å². The minimum absolute atomic E-state index is 0.339. The summed E-state index contributed by atoms with van der Waals surface area (Å²) in [4.78, 5) is 1.08. The number of aliphatic hydroxyl groups is 1. The highest BCUT2D eigenvalue weighted by molar-refractivity contribution is 7.99. The van der Waals surface area contributed by atoms with E-state index in [1.165, 1.54) is 0 Å². The molecule has 1 fully saturated rings. The summed E-state index contributed by atoms with van der Waals surface area (Å²) in [5.74, 6) is 1.04. The summed E-state index contributed by atoms with van der Waals surface area (Å²) >= 11 is 7.52. The Balaban J connectivity index is 1.95. The van der Waals surface area contributed by atoms with Crippen LogP contribution in [0.3, 0.4) is 0 Å². The van der Waals surface area contributed by atoms with Crippen molar-refractivity contribution in [3.63, 3.8) is 0 Å². The van der Waals surface area contributed by atoms with Gasteiger partial charge in [0, 0.05) is 22.2 Å². The quantitative estimate of drug-likeness (QED) is 0.797. The largest absolute Gasteiger partial charge is 0.387 e. The number of benzene rings is 1. The second-order valence-corrected chi connectivity index (χ2v) is 5.81. The molecule has 0 aromatic heterocycles. The molecule has 0 amide bonds. The molecule has 0 radical (unpaired) electrons. The molecule has 1 aromatic rings. The first kappa shape index (κ1) is 12.2. The lowest BCUT2D eigenvalue weighted by Gasteiger charge is -2.25. The monoisotopic (exact) mass is 257 g/mol. The van der Waals surface area contributed by atoms with E-state index in [9.17, 15) is 5.11 Å². The van der Waals surface area contributed by atoms with Crippen LogP contribution < -0.4 is 5.73 Å². The van der Waals surface area contributed by atoms with E-state index in [-0.39, 0.29) is 0 Å². The van der Waals surface area contributed by atoms with Crippen LogP contribution in [0.4, 0.5) is 0 Å². The molecule has 0 saturated heterocycles. The summed E-state index contributed by atoms with van der Waals surface area (Å²) in [6.45, 7) is 0.339. The minimum Gasteiger partial charge on any atom is -0.387 e. The van der Waals surface area contributed by atoms with E-state index in [1.807, 2.05) is 24.3 Å². The van der Waals surface area contributed by atoms with Gasteiger partial charge in [0.15, 0.2) is 0 Å². The molecule has 0 bridgehead atoms. The molecule has 2 rings (SSSR count). The molecule has 1 aromatic carbocycles. The maximum absolute atomic E-state index is 10.3. The third-order valence-corrected chi connectivity index (χ3v) is 4.44.